The van der Waals surface area contributed by atoms with Gasteiger partial charge >= 0.3 is 0 Å². The van der Waals surface area contributed by atoms with Crippen LogP contribution in [0, 0.1) is 0 Å². The molecule has 0 spiro atoms. The first kappa shape index (κ1) is 15.4. The highest BCUT2D eigenvalue weighted by Gasteiger charge is 1.85. The number of unbranched alkanes of at least 4 members (excludes halogenated alkanes) is 5. The first-order valence-corrected chi connectivity index (χ1v) is 5.64. The molecule has 3 N–H and O–H groups in total. The average Bonchev–Trinajstić information content (AvgIpc) is 2.18. The molecule has 0 amide bonds. The summed E-state index contributed by atoms with van der Waals surface area (Å²) in [5.74, 6) is 0. The Kier molecular flexibility index (Phi) is 21.2. The third-order valence-corrected chi connectivity index (χ3v) is 1.78. The molecule has 0 saturated heterocycles. The maximum Gasteiger partial charge on any atom is 0.0428 e. The van der Waals surface area contributed by atoms with E-state index in [2.05, 4.69) is 6.92 Å². The summed E-state index contributed by atoms with van der Waals surface area (Å²) < 4.78 is 0. The van der Waals surface area contributed by atoms with Gasteiger partial charge in [-0.05, 0) is 19.4 Å². The summed E-state index contributed by atoms with van der Waals surface area (Å²) >= 11 is 0. The van der Waals surface area contributed by atoms with Crippen molar-refractivity contribution in [2.45, 2.75) is 58.8 Å². The number of nitrogens with two attached hydrogens (primary N) is 1. The van der Waals surface area contributed by atoms with E-state index >= 15 is 0 Å². The van der Waals surface area contributed by atoms with Crippen molar-refractivity contribution in [3.63, 3.8) is 0 Å². The lowest BCUT2D eigenvalue weighted by atomic mass is 10.1. The van der Waals surface area contributed by atoms with Crippen molar-refractivity contribution in [2.24, 2.45) is 5.73 Å². The Bertz CT molecular complexity index is 59.1. The lowest BCUT2D eigenvalue weighted by molar-refractivity contribution is 0.295. The zero-order chi connectivity index (χ0) is 10.4. The molecule has 0 heterocycles. The second-order valence-electron chi connectivity index (χ2n) is 3.28. The van der Waals surface area contributed by atoms with E-state index in [4.69, 9.17) is 10.8 Å². The summed E-state index contributed by atoms with van der Waals surface area (Å²) in [6.07, 6.45) is 8.93. The summed E-state index contributed by atoms with van der Waals surface area (Å²) in [4.78, 5) is 0. The number of aliphatic hydroxyl groups excluding tert-OH is 1. The highest BCUT2D eigenvalue weighted by atomic mass is 16.2. The Labute approximate surface area is 83.5 Å². The van der Waals surface area contributed by atoms with E-state index in [1.165, 1.54) is 38.5 Å². The molecule has 82 valence electrons. The van der Waals surface area contributed by atoms with Crippen LogP contribution in [-0.4, -0.2) is 18.3 Å². The minimum Gasteiger partial charge on any atom is -0.396 e. The molecule has 0 aromatic carbocycles. The van der Waals surface area contributed by atoms with E-state index in [1.807, 2.05) is 6.92 Å². The van der Waals surface area contributed by atoms with Crippen LogP contribution in [0.25, 0.3) is 0 Å². The predicted molar refractivity (Wildman–Crippen MR) is 59.8 cm³/mol. The van der Waals surface area contributed by atoms with Crippen molar-refractivity contribution in [3.8, 4) is 0 Å². The maximum atomic E-state index is 7.88. The zero-order valence-electron chi connectivity index (χ0n) is 9.39. The first-order chi connectivity index (χ1) is 6.33. The summed E-state index contributed by atoms with van der Waals surface area (Å²) in [5, 5.41) is 7.88. The summed E-state index contributed by atoms with van der Waals surface area (Å²) in [5.41, 5.74) is 5.34. The van der Waals surface area contributed by atoms with Gasteiger partial charge in [0.2, 0.25) is 0 Å². The van der Waals surface area contributed by atoms with E-state index in [1.54, 1.807) is 0 Å². The van der Waals surface area contributed by atoms with Crippen LogP contribution in [-0.2, 0) is 0 Å². The summed E-state index contributed by atoms with van der Waals surface area (Å²) in [6, 6.07) is 0. The second kappa shape index (κ2) is 17.9. The fraction of sp³-hybridized carbons (Fsp3) is 1.00. The van der Waals surface area contributed by atoms with Gasteiger partial charge in [-0.25, -0.2) is 0 Å². The molecular formula is C11H27NO. The standard InChI is InChI=1S/C8H19N.C3H8O/c1-2-3-4-5-6-7-8-9;1-2-3-4/h2-9H2,1H3;4H,2-3H2,1H3. The van der Waals surface area contributed by atoms with Gasteiger partial charge in [0.15, 0.2) is 0 Å². The average molecular weight is 189 g/mol. The lowest BCUT2D eigenvalue weighted by Gasteiger charge is -1.96. The second-order valence-corrected chi connectivity index (χ2v) is 3.28. The highest BCUT2D eigenvalue weighted by molar-refractivity contribution is 4.43. The van der Waals surface area contributed by atoms with E-state index in [9.17, 15) is 0 Å². The molecule has 0 bridgehead atoms. The Balaban J connectivity index is 0. The maximum absolute atomic E-state index is 7.88. The van der Waals surface area contributed by atoms with Crippen molar-refractivity contribution in [2.75, 3.05) is 13.2 Å². The van der Waals surface area contributed by atoms with Crippen molar-refractivity contribution in [3.05, 3.63) is 0 Å². The van der Waals surface area contributed by atoms with Gasteiger partial charge in [-0.15, -0.1) is 0 Å². The van der Waals surface area contributed by atoms with Gasteiger partial charge in [0.05, 0.1) is 0 Å². The fourth-order valence-corrected chi connectivity index (χ4v) is 0.925. The van der Waals surface area contributed by atoms with Crippen LogP contribution >= 0.6 is 0 Å². The quantitative estimate of drug-likeness (QED) is 0.605. The van der Waals surface area contributed by atoms with Crippen LogP contribution in [0.1, 0.15) is 58.8 Å². The number of aliphatic hydroxyl groups is 1. The Morgan fingerprint density at radius 3 is 1.69 bits per heavy atom. The Morgan fingerprint density at radius 2 is 1.31 bits per heavy atom. The third-order valence-electron chi connectivity index (χ3n) is 1.78. The number of rotatable bonds is 7. The number of hydrogen-bond donors (Lipinski definition) is 2. The molecule has 0 aromatic heterocycles. The molecule has 0 radical (unpaired) electrons. The molecule has 0 fully saturated rings. The molecule has 2 nitrogen and oxygen atoms in total. The topological polar surface area (TPSA) is 46.2 Å². The molecule has 0 unspecified atom stereocenters. The molecule has 0 aliphatic carbocycles. The van der Waals surface area contributed by atoms with Crippen LogP contribution < -0.4 is 5.73 Å². The molecule has 0 saturated carbocycles. The lowest BCUT2D eigenvalue weighted by Crippen LogP contribution is -1.97. The molecule has 0 atom stereocenters. The molecule has 0 aliphatic rings. The van der Waals surface area contributed by atoms with Gasteiger partial charge in [0.25, 0.3) is 0 Å². The van der Waals surface area contributed by atoms with Crippen molar-refractivity contribution in [1.29, 1.82) is 0 Å². The smallest absolute Gasteiger partial charge is 0.0428 e. The first-order valence-electron chi connectivity index (χ1n) is 5.64. The van der Waals surface area contributed by atoms with Crippen LogP contribution in [0.4, 0.5) is 0 Å². The molecular weight excluding hydrogens is 162 g/mol. The summed E-state index contributed by atoms with van der Waals surface area (Å²) in [7, 11) is 0. The van der Waals surface area contributed by atoms with Crippen LogP contribution in [0.15, 0.2) is 0 Å². The highest BCUT2D eigenvalue weighted by Crippen LogP contribution is 2.03. The predicted octanol–water partition coefficient (Wildman–Crippen LogP) is 2.69. The monoisotopic (exact) mass is 189 g/mol. The minimum atomic E-state index is 0.319. The molecule has 2 heteroatoms. The van der Waals surface area contributed by atoms with E-state index in [-0.39, 0.29) is 0 Å². The van der Waals surface area contributed by atoms with E-state index < -0.39 is 0 Å². The van der Waals surface area contributed by atoms with Crippen LogP contribution in [0.5, 0.6) is 0 Å². The van der Waals surface area contributed by atoms with Gasteiger partial charge in [-0.3, -0.25) is 0 Å². The molecule has 0 aromatic rings. The molecule has 13 heavy (non-hydrogen) atoms. The Morgan fingerprint density at radius 1 is 0.846 bits per heavy atom. The molecule has 0 aliphatic heterocycles. The van der Waals surface area contributed by atoms with Gasteiger partial charge in [-0.1, -0.05) is 46.0 Å². The van der Waals surface area contributed by atoms with Crippen molar-refractivity contribution >= 4 is 0 Å². The SMILES string of the molecule is CCCCCCCCN.CCCO. The largest absolute Gasteiger partial charge is 0.396 e. The number of hydrogen-bond acceptors (Lipinski definition) is 2. The molecule has 0 rings (SSSR count). The Hall–Kier alpha value is -0.0800. The zero-order valence-corrected chi connectivity index (χ0v) is 9.39. The van der Waals surface area contributed by atoms with E-state index in [0.29, 0.717) is 6.61 Å². The van der Waals surface area contributed by atoms with Gasteiger partial charge in [0.1, 0.15) is 0 Å². The third kappa shape index (κ3) is 24.5. The van der Waals surface area contributed by atoms with Gasteiger partial charge in [0, 0.05) is 6.61 Å². The fourth-order valence-electron chi connectivity index (χ4n) is 0.925. The summed E-state index contributed by atoms with van der Waals surface area (Å²) in [6.45, 7) is 5.36. The van der Waals surface area contributed by atoms with Crippen molar-refractivity contribution < 1.29 is 5.11 Å². The van der Waals surface area contributed by atoms with Gasteiger partial charge in [-0.2, -0.15) is 0 Å². The minimum absolute atomic E-state index is 0.319. The van der Waals surface area contributed by atoms with Crippen LogP contribution in [0.2, 0.25) is 0 Å². The van der Waals surface area contributed by atoms with Crippen LogP contribution in [0.3, 0.4) is 0 Å². The normalized spacial score (nSPS) is 9.23. The van der Waals surface area contributed by atoms with Gasteiger partial charge < -0.3 is 10.8 Å². The van der Waals surface area contributed by atoms with E-state index in [0.717, 1.165) is 13.0 Å². The van der Waals surface area contributed by atoms with Crippen molar-refractivity contribution in [1.82, 2.24) is 0 Å².